The number of rotatable bonds is 8. The summed E-state index contributed by atoms with van der Waals surface area (Å²) in [6, 6.07) is 18.2. The van der Waals surface area contributed by atoms with Crippen molar-refractivity contribution < 1.29 is 14.3 Å². The van der Waals surface area contributed by atoms with Crippen LogP contribution in [0.1, 0.15) is 35.3 Å². The fourth-order valence-corrected chi connectivity index (χ4v) is 3.55. The summed E-state index contributed by atoms with van der Waals surface area (Å²) in [5.74, 6) is -1.19. The van der Waals surface area contributed by atoms with Crippen LogP contribution in [0, 0.1) is 11.3 Å². The van der Waals surface area contributed by atoms with E-state index in [-0.39, 0.29) is 11.9 Å². The van der Waals surface area contributed by atoms with Crippen LogP contribution in [0.5, 0.6) is 0 Å². The van der Waals surface area contributed by atoms with Gasteiger partial charge in [0, 0.05) is 29.7 Å². The van der Waals surface area contributed by atoms with E-state index in [4.69, 9.17) is 10.1 Å². The molecule has 1 aromatic heterocycles. The van der Waals surface area contributed by atoms with Gasteiger partial charge < -0.3 is 15.5 Å². The van der Waals surface area contributed by atoms with E-state index >= 15 is 0 Å². The normalized spacial score (nSPS) is 12.5. The number of esters is 1. The largest absolute Gasteiger partial charge is 0.469 e. The molecule has 3 rings (SSSR count). The lowest BCUT2D eigenvalue weighted by Crippen LogP contribution is -2.42. The molecule has 6 heteroatoms. The SMILES string of the molecule is COC(=O)C(Cc1cccc(C(C)=N)c1)C(C)NC(=O)c1ccc(-c2ccncc2)cc1. The summed E-state index contributed by atoms with van der Waals surface area (Å²) in [7, 11) is 1.35. The summed E-state index contributed by atoms with van der Waals surface area (Å²) in [4.78, 5) is 29.3. The summed E-state index contributed by atoms with van der Waals surface area (Å²) in [6.07, 6.45) is 3.85. The van der Waals surface area contributed by atoms with Crippen molar-refractivity contribution in [2.24, 2.45) is 5.92 Å². The van der Waals surface area contributed by atoms with Gasteiger partial charge in [-0.1, -0.05) is 30.3 Å². The fourth-order valence-electron chi connectivity index (χ4n) is 3.55. The highest BCUT2D eigenvalue weighted by Gasteiger charge is 2.28. The molecule has 0 aliphatic rings. The van der Waals surface area contributed by atoms with Gasteiger partial charge in [0.1, 0.15) is 0 Å². The first-order valence-corrected chi connectivity index (χ1v) is 10.4. The zero-order chi connectivity index (χ0) is 23.1. The van der Waals surface area contributed by atoms with Gasteiger partial charge in [0.05, 0.1) is 13.0 Å². The number of carbonyl (C=O) groups excluding carboxylic acids is 2. The molecule has 32 heavy (non-hydrogen) atoms. The Balaban J connectivity index is 1.72. The molecule has 0 radical (unpaired) electrons. The van der Waals surface area contributed by atoms with Gasteiger partial charge >= 0.3 is 5.97 Å². The Hall–Kier alpha value is -3.80. The lowest BCUT2D eigenvalue weighted by atomic mass is 9.91. The number of hydrogen-bond acceptors (Lipinski definition) is 5. The molecular formula is C26H27N3O3. The van der Waals surface area contributed by atoms with Crippen molar-refractivity contribution in [3.05, 3.63) is 89.7 Å². The average molecular weight is 430 g/mol. The van der Waals surface area contributed by atoms with Crippen molar-refractivity contribution in [2.45, 2.75) is 26.3 Å². The lowest BCUT2D eigenvalue weighted by molar-refractivity contribution is -0.146. The molecule has 2 N–H and O–H groups in total. The van der Waals surface area contributed by atoms with Gasteiger partial charge in [-0.25, -0.2) is 0 Å². The molecular weight excluding hydrogens is 402 g/mol. The number of nitrogens with one attached hydrogen (secondary N) is 2. The molecule has 3 aromatic rings. The van der Waals surface area contributed by atoms with Crippen molar-refractivity contribution in [3.63, 3.8) is 0 Å². The van der Waals surface area contributed by atoms with Crippen molar-refractivity contribution in [1.82, 2.24) is 10.3 Å². The second kappa shape index (κ2) is 10.5. The number of nitrogens with zero attached hydrogens (tertiary/aromatic N) is 1. The Labute approximate surface area is 188 Å². The lowest BCUT2D eigenvalue weighted by Gasteiger charge is -2.23. The van der Waals surface area contributed by atoms with Crippen LogP contribution in [0.3, 0.4) is 0 Å². The minimum atomic E-state index is -0.554. The van der Waals surface area contributed by atoms with E-state index in [1.54, 1.807) is 38.4 Å². The number of methoxy groups -OCH3 is 1. The molecule has 0 saturated heterocycles. The van der Waals surface area contributed by atoms with Gasteiger partial charge in [0.25, 0.3) is 5.91 Å². The van der Waals surface area contributed by atoms with E-state index in [0.717, 1.165) is 22.3 Å². The topological polar surface area (TPSA) is 92.1 Å². The molecule has 0 fully saturated rings. The van der Waals surface area contributed by atoms with Crippen molar-refractivity contribution in [1.29, 1.82) is 5.41 Å². The highest BCUT2D eigenvalue weighted by Crippen LogP contribution is 2.20. The Kier molecular flexibility index (Phi) is 7.49. The van der Waals surface area contributed by atoms with E-state index in [0.29, 0.717) is 17.7 Å². The second-order valence-electron chi connectivity index (χ2n) is 7.73. The number of benzene rings is 2. The van der Waals surface area contributed by atoms with Gasteiger partial charge in [-0.15, -0.1) is 0 Å². The van der Waals surface area contributed by atoms with E-state index in [9.17, 15) is 9.59 Å². The Morgan fingerprint density at radius 1 is 1.00 bits per heavy atom. The van der Waals surface area contributed by atoms with E-state index in [1.807, 2.05) is 48.5 Å². The number of aromatic nitrogens is 1. The van der Waals surface area contributed by atoms with E-state index in [1.165, 1.54) is 7.11 Å². The maximum Gasteiger partial charge on any atom is 0.311 e. The van der Waals surface area contributed by atoms with Crippen molar-refractivity contribution in [2.75, 3.05) is 7.11 Å². The highest BCUT2D eigenvalue weighted by atomic mass is 16.5. The van der Waals surface area contributed by atoms with Gasteiger partial charge in [-0.2, -0.15) is 0 Å². The molecule has 6 nitrogen and oxygen atoms in total. The minimum Gasteiger partial charge on any atom is -0.469 e. The molecule has 0 aliphatic carbocycles. The van der Waals surface area contributed by atoms with Gasteiger partial charge in [-0.05, 0) is 72.9 Å². The van der Waals surface area contributed by atoms with Crippen molar-refractivity contribution >= 4 is 17.6 Å². The summed E-state index contributed by atoms with van der Waals surface area (Å²) in [5.41, 5.74) is 4.70. The number of hydrogen-bond donors (Lipinski definition) is 2. The quantitative estimate of drug-likeness (QED) is 0.413. The Morgan fingerprint density at radius 3 is 2.28 bits per heavy atom. The summed E-state index contributed by atoms with van der Waals surface area (Å²) >= 11 is 0. The number of carbonyl (C=O) groups is 2. The molecule has 1 amide bonds. The third-order valence-electron chi connectivity index (χ3n) is 5.44. The molecule has 2 aromatic carbocycles. The molecule has 0 bridgehead atoms. The van der Waals surface area contributed by atoms with Crippen LogP contribution in [0.4, 0.5) is 0 Å². The summed E-state index contributed by atoms with van der Waals surface area (Å²) in [5, 5.41) is 10.8. The zero-order valence-electron chi connectivity index (χ0n) is 18.5. The first kappa shape index (κ1) is 22.9. The predicted octanol–water partition coefficient (Wildman–Crippen LogP) is 4.29. The molecule has 0 aliphatic heterocycles. The van der Waals surface area contributed by atoms with E-state index < -0.39 is 12.0 Å². The smallest absolute Gasteiger partial charge is 0.311 e. The fraction of sp³-hybridized carbons (Fsp3) is 0.231. The second-order valence-corrected chi connectivity index (χ2v) is 7.73. The molecule has 0 spiro atoms. The predicted molar refractivity (Wildman–Crippen MR) is 125 cm³/mol. The van der Waals surface area contributed by atoms with Crippen LogP contribution < -0.4 is 5.32 Å². The number of ether oxygens (including phenoxy) is 1. The molecule has 2 unspecified atom stereocenters. The van der Waals surface area contributed by atoms with Crippen LogP contribution >= 0.6 is 0 Å². The van der Waals surface area contributed by atoms with Crippen LogP contribution in [0.2, 0.25) is 0 Å². The first-order chi connectivity index (χ1) is 15.4. The third kappa shape index (κ3) is 5.66. The molecule has 0 saturated carbocycles. The average Bonchev–Trinajstić information content (AvgIpc) is 2.82. The molecule has 164 valence electrons. The van der Waals surface area contributed by atoms with Gasteiger partial charge in [-0.3, -0.25) is 14.6 Å². The minimum absolute atomic E-state index is 0.253. The Bertz CT molecular complexity index is 1090. The van der Waals surface area contributed by atoms with Gasteiger partial charge in [0.15, 0.2) is 0 Å². The van der Waals surface area contributed by atoms with E-state index in [2.05, 4.69) is 10.3 Å². The molecule has 2 atom stereocenters. The standard InChI is InChI=1S/C26H27N3O3/c1-17(27)23-6-4-5-19(15-23)16-24(26(31)32-3)18(2)29-25(30)22-9-7-20(8-10-22)21-11-13-28-14-12-21/h4-15,18,24,27H,16H2,1-3H3,(H,29,30). The van der Waals surface area contributed by atoms with Crippen LogP contribution in [-0.2, 0) is 16.0 Å². The first-order valence-electron chi connectivity index (χ1n) is 10.4. The summed E-state index contributed by atoms with van der Waals surface area (Å²) in [6.45, 7) is 3.52. The monoisotopic (exact) mass is 429 g/mol. The number of pyridine rings is 1. The summed E-state index contributed by atoms with van der Waals surface area (Å²) < 4.78 is 5.00. The van der Waals surface area contributed by atoms with Gasteiger partial charge in [0.2, 0.25) is 0 Å². The third-order valence-corrected chi connectivity index (χ3v) is 5.44. The van der Waals surface area contributed by atoms with Crippen LogP contribution in [0.25, 0.3) is 11.1 Å². The molecule has 1 heterocycles. The maximum absolute atomic E-state index is 12.8. The number of amides is 1. The Morgan fingerprint density at radius 2 is 1.66 bits per heavy atom. The zero-order valence-corrected chi connectivity index (χ0v) is 18.5. The highest BCUT2D eigenvalue weighted by molar-refractivity contribution is 5.96. The van der Waals surface area contributed by atoms with Crippen LogP contribution in [-0.4, -0.2) is 35.7 Å². The van der Waals surface area contributed by atoms with Crippen LogP contribution in [0.15, 0.2) is 73.1 Å². The van der Waals surface area contributed by atoms with Crippen molar-refractivity contribution in [3.8, 4) is 11.1 Å². The maximum atomic E-state index is 12.8.